The Hall–Kier alpha value is -1.29. The zero-order valence-electron chi connectivity index (χ0n) is 11.7. The van der Waals surface area contributed by atoms with Crippen molar-refractivity contribution >= 4 is 38.2 Å². The molecule has 1 fully saturated rings. The number of aromatic nitrogens is 1. The summed E-state index contributed by atoms with van der Waals surface area (Å²) < 4.78 is 1.05. The minimum absolute atomic E-state index is 0.466. The van der Waals surface area contributed by atoms with Crippen molar-refractivity contribution in [3.8, 4) is 0 Å². The van der Waals surface area contributed by atoms with Crippen LogP contribution in [-0.4, -0.2) is 11.5 Å². The van der Waals surface area contributed by atoms with Gasteiger partial charge in [0.1, 0.15) is 0 Å². The van der Waals surface area contributed by atoms with Gasteiger partial charge in [0.25, 0.3) is 0 Å². The number of nitrogens with one attached hydrogen (secondary N) is 1. The van der Waals surface area contributed by atoms with Crippen molar-refractivity contribution in [3.05, 3.63) is 28.9 Å². The highest BCUT2D eigenvalue weighted by Gasteiger charge is 2.34. The van der Waals surface area contributed by atoms with Crippen LogP contribution in [0.3, 0.4) is 0 Å². The lowest BCUT2D eigenvalue weighted by Crippen LogP contribution is -2.36. The van der Waals surface area contributed by atoms with Crippen LogP contribution >= 0.6 is 15.9 Å². The number of rotatable bonds is 4. The highest BCUT2D eigenvalue weighted by atomic mass is 79.9. The molecule has 20 heavy (non-hydrogen) atoms. The molecular formula is C16H20BrN3. The van der Waals surface area contributed by atoms with E-state index in [9.17, 15) is 0 Å². The molecule has 0 bridgehead atoms. The van der Waals surface area contributed by atoms with E-state index in [1.807, 2.05) is 12.1 Å². The first-order valence-electron chi connectivity index (χ1n) is 7.21. The van der Waals surface area contributed by atoms with Gasteiger partial charge in [-0.25, -0.2) is 0 Å². The SMILES string of the molecule is CCC1(CNc2c(N)cnc3ccc(Br)cc23)CCC1. The van der Waals surface area contributed by atoms with Crippen LogP contribution < -0.4 is 11.1 Å². The highest BCUT2D eigenvalue weighted by molar-refractivity contribution is 9.10. The molecule has 1 aromatic heterocycles. The number of anilines is 2. The van der Waals surface area contributed by atoms with E-state index >= 15 is 0 Å². The summed E-state index contributed by atoms with van der Waals surface area (Å²) in [4.78, 5) is 4.40. The van der Waals surface area contributed by atoms with Crippen molar-refractivity contribution < 1.29 is 0 Å². The van der Waals surface area contributed by atoms with Crippen LogP contribution in [0.2, 0.25) is 0 Å². The molecule has 2 aromatic rings. The van der Waals surface area contributed by atoms with Gasteiger partial charge in [-0.05, 0) is 42.9 Å². The third-order valence-corrected chi connectivity index (χ3v) is 5.16. The molecular weight excluding hydrogens is 314 g/mol. The summed E-state index contributed by atoms with van der Waals surface area (Å²) in [5.41, 5.74) is 9.32. The average Bonchev–Trinajstić information content (AvgIpc) is 2.40. The summed E-state index contributed by atoms with van der Waals surface area (Å²) in [6, 6.07) is 6.11. The van der Waals surface area contributed by atoms with Gasteiger partial charge in [0.05, 0.1) is 23.1 Å². The van der Waals surface area contributed by atoms with E-state index in [0.717, 1.165) is 33.3 Å². The quantitative estimate of drug-likeness (QED) is 0.861. The topological polar surface area (TPSA) is 50.9 Å². The maximum Gasteiger partial charge on any atom is 0.0743 e. The van der Waals surface area contributed by atoms with Crippen LogP contribution in [0.15, 0.2) is 28.9 Å². The van der Waals surface area contributed by atoms with Crippen molar-refractivity contribution in [1.29, 1.82) is 0 Å². The number of nitrogen functional groups attached to an aromatic ring is 1. The van der Waals surface area contributed by atoms with Gasteiger partial charge in [0.15, 0.2) is 0 Å². The maximum absolute atomic E-state index is 6.13. The molecule has 0 aliphatic heterocycles. The van der Waals surface area contributed by atoms with Crippen LogP contribution in [0.5, 0.6) is 0 Å². The Morgan fingerprint density at radius 1 is 1.40 bits per heavy atom. The number of halogens is 1. The fourth-order valence-corrected chi connectivity index (χ4v) is 3.35. The van der Waals surface area contributed by atoms with E-state index in [1.54, 1.807) is 6.20 Å². The number of benzene rings is 1. The number of hydrogen-bond acceptors (Lipinski definition) is 3. The molecule has 3 nitrogen and oxygen atoms in total. The van der Waals surface area contributed by atoms with Crippen molar-refractivity contribution in [2.24, 2.45) is 5.41 Å². The predicted molar refractivity (Wildman–Crippen MR) is 88.9 cm³/mol. The number of nitrogens with zero attached hydrogens (tertiary/aromatic N) is 1. The molecule has 1 aliphatic rings. The number of fused-ring (bicyclic) bond motifs is 1. The molecule has 1 aromatic carbocycles. The molecule has 1 heterocycles. The minimum atomic E-state index is 0.466. The summed E-state index contributed by atoms with van der Waals surface area (Å²) in [5, 5.41) is 4.68. The fourth-order valence-electron chi connectivity index (χ4n) is 2.99. The first kappa shape index (κ1) is 13.7. The van der Waals surface area contributed by atoms with Crippen LogP contribution in [0.1, 0.15) is 32.6 Å². The third kappa shape index (κ3) is 2.37. The van der Waals surface area contributed by atoms with E-state index in [4.69, 9.17) is 5.73 Å². The van der Waals surface area contributed by atoms with Crippen LogP contribution in [0.4, 0.5) is 11.4 Å². The van der Waals surface area contributed by atoms with Gasteiger partial charge in [0, 0.05) is 16.4 Å². The van der Waals surface area contributed by atoms with Gasteiger partial charge < -0.3 is 11.1 Å². The van der Waals surface area contributed by atoms with Gasteiger partial charge >= 0.3 is 0 Å². The summed E-state index contributed by atoms with van der Waals surface area (Å²) in [6.45, 7) is 3.28. The largest absolute Gasteiger partial charge is 0.396 e. The van der Waals surface area contributed by atoms with Gasteiger partial charge in [0.2, 0.25) is 0 Å². The molecule has 4 heteroatoms. The monoisotopic (exact) mass is 333 g/mol. The number of hydrogen-bond donors (Lipinski definition) is 2. The lowest BCUT2D eigenvalue weighted by molar-refractivity contribution is 0.145. The summed E-state index contributed by atoms with van der Waals surface area (Å²) in [5.74, 6) is 0. The zero-order valence-corrected chi connectivity index (χ0v) is 13.3. The second kappa shape index (κ2) is 5.24. The maximum atomic E-state index is 6.13. The second-order valence-electron chi connectivity index (χ2n) is 5.81. The first-order chi connectivity index (χ1) is 9.63. The summed E-state index contributed by atoms with van der Waals surface area (Å²) in [6.07, 6.45) is 6.98. The van der Waals surface area contributed by atoms with E-state index in [2.05, 4.69) is 39.2 Å². The molecule has 0 atom stereocenters. The molecule has 0 unspecified atom stereocenters. The molecule has 0 saturated heterocycles. The van der Waals surface area contributed by atoms with Crippen LogP contribution in [0, 0.1) is 5.41 Å². The lowest BCUT2D eigenvalue weighted by atomic mass is 9.67. The molecule has 1 saturated carbocycles. The Morgan fingerprint density at radius 2 is 2.20 bits per heavy atom. The number of pyridine rings is 1. The van der Waals surface area contributed by atoms with Crippen LogP contribution in [-0.2, 0) is 0 Å². The Labute approximate surface area is 128 Å². The van der Waals surface area contributed by atoms with E-state index in [1.165, 1.54) is 25.7 Å². The molecule has 3 rings (SSSR count). The van der Waals surface area contributed by atoms with Gasteiger partial charge in [-0.3, -0.25) is 4.98 Å². The first-order valence-corrected chi connectivity index (χ1v) is 8.00. The van der Waals surface area contributed by atoms with Crippen molar-refractivity contribution in [3.63, 3.8) is 0 Å². The van der Waals surface area contributed by atoms with Crippen LogP contribution in [0.25, 0.3) is 10.9 Å². The van der Waals surface area contributed by atoms with Gasteiger partial charge in [-0.2, -0.15) is 0 Å². The van der Waals surface area contributed by atoms with E-state index in [-0.39, 0.29) is 0 Å². The zero-order chi connectivity index (χ0) is 14.2. The normalized spacial score (nSPS) is 16.9. The van der Waals surface area contributed by atoms with Crippen molar-refractivity contribution in [1.82, 2.24) is 4.98 Å². The minimum Gasteiger partial charge on any atom is -0.396 e. The van der Waals surface area contributed by atoms with E-state index in [0.29, 0.717) is 5.41 Å². The summed E-state index contributed by atoms with van der Waals surface area (Å²) >= 11 is 3.52. The predicted octanol–water partition coefficient (Wildman–Crippen LogP) is 4.57. The van der Waals surface area contributed by atoms with Crippen molar-refractivity contribution in [2.45, 2.75) is 32.6 Å². The molecule has 0 amide bonds. The molecule has 0 spiro atoms. The molecule has 106 valence electrons. The standard InChI is InChI=1S/C16H20BrN3/c1-2-16(6-3-7-16)10-20-15-12-8-11(17)4-5-14(12)19-9-13(15)18/h4-5,8-9H,2-3,6-7,10,18H2,1H3,(H,19,20). The van der Waals surface area contributed by atoms with Gasteiger partial charge in [-0.1, -0.05) is 29.3 Å². The van der Waals surface area contributed by atoms with E-state index < -0.39 is 0 Å². The Bertz CT molecular complexity index is 624. The molecule has 3 N–H and O–H groups in total. The molecule has 0 radical (unpaired) electrons. The second-order valence-corrected chi connectivity index (χ2v) is 6.73. The summed E-state index contributed by atoms with van der Waals surface area (Å²) in [7, 11) is 0. The Kier molecular flexibility index (Phi) is 3.59. The van der Waals surface area contributed by atoms with Gasteiger partial charge in [-0.15, -0.1) is 0 Å². The lowest BCUT2D eigenvalue weighted by Gasteiger charge is -2.41. The Balaban J connectivity index is 1.93. The number of nitrogens with two attached hydrogens (primary N) is 1. The average molecular weight is 334 g/mol. The van der Waals surface area contributed by atoms with Crippen molar-refractivity contribution in [2.75, 3.05) is 17.6 Å². The highest BCUT2D eigenvalue weighted by Crippen LogP contribution is 2.44. The fraction of sp³-hybridized carbons (Fsp3) is 0.438. The smallest absolute Gasteiger partial charge is 0.0743 e. The Morgan fingerprint density at radius 3 is 2.85 bits per heavy atom. The third-order valence-electron chi connectivity index (χ3n) is 4.66. The molecule has 1 aliphatic carbocycles.